The molecule has 4 heteroatoms. The zero-order valence-corrected chi connectivity index (χ0v) is 11.2. The van der Waals surface area contributed by atoms with Gasteiger partial charge in [-0.25, -0.2) is 0 Å². The number of thiocarbonyl (C=S) groups is 1. The molecule has 0 aliphatic carbocycles. The average Bonchev–Trinajstić information content (AvgIpc) is 2.13. The maximum absolute atomic E-state index is 4.87. The molecule has 0 spiro atoms. The van der Waals surface area contributed by atoms with Gasteiger partial charge in [0.05, 0.1) is 0 Å². The third kappa shape index (κ3) is 3.01. The minimum absolute atomic E-state index is 0. The van der Waals surface area contributed by atoms with E-state index in [0.717, 1.165) is 6.54 Å². The molecule has 1 aliphatic rings. The fraction of sp³-hybridized carbons (Fsp3) is 0.833. The quantitative estimate of drug-likeness (QED) is 0.260. The van der Waals surface area contributed by atoms with Crippen LogP contribution in [0, 0.1) is 0 Å². The number of hydrogen-bond donors (Lipinski definition) is 0. The van der Waals surface area contributed by atoms with Crippen LogP contribution < -0.4 is 51.4 Å². The summed E-state index contributed by atoms with van der Waals surface area (Å²) < 4.78 is 0.639. The molecular weight excluding hydrogens is 189 g/mol. The number of hydrogen-bond acceptors (Lipinski definition) is 2. The fourth-order valence-electron chi connectivity index (χ4n) is 1.20. The summed E-state index contributed by atoms with van der Waals surface area (Å²) in [7, 11) is 0. The van der Waals surface area contributed by atoms with E-state index in [2.05, 4.69) is 11.8 Å². The van der Waals surface area contributed by atoms with Crippen molar-refractivity contribution < 1.29 is 51.4 Å². The Balaban J connectivity index is 0.000000810. The number of rotatable bonds is 0. The minimum Gasteiger partial charge on any atom is -0.411 e. The molecule has 1 aliphatic heterocycles. The van der Waals surface area contributed by atoms with E-state index in [0.29, 0.717) is 10.4 Å². The molecule has 0 radical (unpaired) electrons. The Labute approximate surface area is 116 Å². The second kappa shape index (κ2) is 5.40. The van der Waals surface area contributed by atoms with Crippen LogP contribution in [0.15, 0.2) is 0 Å². The second-order valence-corrected chi connectivity index (χ2v) is 3.48. The van der Waals surface area contributed by atoms with Crippen LogP contribution in [0.5, 0.6) is 0 Å². The normalized spacial score (nSPS) is 24.1. The van der Waals surface area contributed by atoms with Crippen molar-refractivity contribution in [3.05, 3.63) is 0 Å². The first-order valence-corrected chi connectivity index (χ1v) is 4.01. The summed E-state index contributed by atoms with van der Waals surface area (Å²) in [6, 6.07) is 0.593. The maximum atomic E-state index is 4.87. The molecule has 52 valence electrons. The zero-order chi connectivity index (χ0) is 6.85. The van der Waals surface area contributed by atoms with Crippen molar-refractivity contribution in [2.45, 2.75) is 25.8 Å². The van der Waals surface area contributed by atoms with Crippen LogP contribution >= 0.6 is 12.2 Å². The topological polar surface area (TPSA) is 3.24 Å². The molecule has 0 N–H and O–H groups in total. The second-order valence-electron chi connectivity index (χ2n) is 2.45. The van der Waals surface area contributed by atoms with E-state index in [1.54, 1.807) is 0 Å². The summed E-state index contributed by atoms with van der Waals surface area (Å²) in [5.74, 6) is 0. The molecule has 10 heavy (non-hydrogen) atoms. The molecule has 1 heterocycles. The van der Waals surface area contributed by atoms with Crippen molar-refractivity contribution in [2.75, 3.05) is 6.54 Å². The molecule has 1 saturated heterocycles. The molecule has 0 aromatic rings. The van der Waals surface area contributed by atoms with E-state index in [4.69, 9.17) is 24.8 Å². The number of likely N-dealkylation sites (tertiary alicyclic amines) is 1. The molecular formula is C6H10KNS2. The van der Waals surface area contributed by atoms with E-state index >= 15 is 0 Å². The molecule has 0 aromatic heterocycles. The molecule has 1 fully saturated rings. The first-order chi connectivity index (χ1) is 4.22. The molecule has 1 rings (SSSR count). The van der Waals surface area contributed by atoms with Gasteiger partial charge in [0.1, 0.15) is 0 Å². The maximum Gasteiger partial charge on any atom is 1.00 e. The van der Waals surface area contributed by atoms with Crippen LogP contribution in [-0.2, 0) is 12.6 Å². The summed E-state index contributed by atoms with van der Waals surface area (Å²) in [6.45, 7) is 3.25. The predicted molar refractivity (Wildman–Crippen MR) is 45.4 cm³/mol. The van der Waals surface area contributed by atoms with Gasteiger partial charge in [0.2, 0.25) is 0 Å². The fourth-order valence-corrected chi connectivity index (χ4v) is 1.75. The van der Waals surface area contributed by atoms with Crippen LogP contribution in [0.3, 0.4) is 0 Å². The molecule has 1 unspecified atom stereocenters. The van der Waals surface area contributed by atoms with Crippen molar-refractivity contribution in [1.29, 1.82) is 0 Å². The standard InChI is InChI=1S/C6H11NS2.K/c1-5-3-2-4-7(5)6(8)9;/h5H,2-4H2,1H3,(H,8,9);/q;+1/p-1. The first kappa shape index (κ1) is 11.7. The van der Waals surface area contributed by atoms with Crippen LogP contribution in [-0.4, -0.2) is 21.8 Å². The van der Waals surface area contributed by atoms with Crippen molar-refractivity contribution in [1.82, 2.24) is 4.90 Å². The van der Waals surface area contributed by atoms with Crippen molar-refractivity contribution in [3.8, 4) is 0 Å². The SMILES string of the molecule is CC1CCCN1C(=S)[S-].[K+]. The third-order valence-electron chi connectivity index (χ3n) is 1.79. The summed E-state index contributed by atoms with van der Waals surface area (Å²) in [5, 5.41) is 0. The Morgan fingerprint density at radius 2 is 2.30 bits per heavy atom. The Morgan fingerprint density at radius 1 is 1.70 bits per heavy atom. The third-order valence-corrected chi connectivity index (χ3v) is 2.26. The summed E-state index contributed by atoms with van der Waals surface area (Å²) in [6.07, 6.45) is 2.49. The summed E-state index contributed by atoms with van der Waals surface area (Å²) >= 11 is 9.75. The summed E-state index contributed by atoms with van der Waals surface area (Å²) in [5.41, 5.74) is 0. The van der Waals surface area contributed by atoms with Gasteiger partial charge >= 0.3 is 51.4 Å². The van der Waals surface area contributed by atoms with Crippen LogP contribution in [0.2, 0.25) is 0 Å². The Morgan fingerprint density at radius 3 is 2.50 bits per heavy atom. The van der Waals surface area contributed by atoms with E-state index < -0.39 is 0 Å². The van der Waals surface area contributed by atoms with E-state index in [-0.39, 0.29) is 51.4 Å². The summed E-state index contributed by atoms with van der Waals surface area (Å²) in [4.78, 5) is 2.12. The van der Waals surface area contributed by atoms with Gasteiger partial charge in [-0.2, -0.15) is 0 Å². The van der Waals surface area contributed by atoms with Crippen LogP contribution in [0.1, 0.15) is 19.8 Å². The van der Waals surface area contributed by atoms with Gasteiger partial charge in [-0.1, -0.05) is 4.32 Å². The van der Waals surface area contributed by atoms with Gasteiger partial charge in [-0.15, -0.1) is 0 Å². The Kier molecular flexibility index (Phi) is 6.35. The van der Waals surface area contributed by atoms with Gasteiger partial charge < -0.3 is 29.7 Å². The molecule has 0 bridgehead atoms. The van der Waals surface area contributed by atoms with Crippen molar-refractivity contribution in [3.63, 3.8) is 0 Å². The van der Waals surface area contributed by atoms with Crippen LogP contribution in [0.25, 0.3) is 0 Å². The van der Waals surface area contributed by atoms with Gasteiger partial charge in [-0.05, 0) is 19.8 Å². The average molecular weight is 199 g/mol. The van der Waals surface area contributed by atoms with E-state index in [1.807, 2.05) is 0 Å². The van der Waals surface area contributed by atoms with Gasteiger partial charge in [0, 0.05) is 12.6 Å². The van der Waals surface area contributed by atoms with Crippen molar-refractivity contribution in [2.24, 2.45) is 0 Å². The van der Waals surface area contributed by atoms with Gasteiger partial charge in [-0.3, -0.25) is 0 Å². The minimum atomic E-state index is 0. The molecule has 0 aromatic carbocycles. The van der Waals surface area contributed by atoms with E-state index in [1.165, 1.54) is 12.8 Å². The predicted octanol–water partition coefficient (Wildman–Crippen LogP) is -1.69. The molecule has 1 atom stereocenters. The molecule has 0 saturated carbocycles. The van der Waals surface area contributed by atoms with Gasteiger partial charge in [0.15, 0.2) is 0 Å². The van der Waals surface area contributed by atoms with Crippen LogP contribution in [0.4, 0.5) is 0 Å². The largest absolute Gasteiger partial charge is 1.00 e. The Bertz CT molecular complexity index is 129. The first-order valence-electron chi connectivity index (χ1n) is 3.19. The van der Waals surface area contributed by atoms with Crippen molar-refractivity contribution >= 4 is 29.2 Å². The zero-order valence-electron chi connectivity index (χ0n) is 6.46. The van der Waals surface area contributed by atoms with E-state index in [9.17, 15) is 0 Å². The van der Waals surface area contributed by atoms with Gasteiger partial charge in [0.25, 0.3) is 0 Å². The smallest absolute Gasteiger partial charge is 0.411 e. The molecule has 0 amide bonds. The monoisotopic (exact) mass is 199 g/mol. The number of nitrogens with zero attached hydrogens (tertiary/aromatic N) is 1. The molecule has 1 nitrogen and oxygen atoms in total. The Hall–Kier alpha value is 1.75.